The molecule has 0 amide bonds. The summed E-state index contributed by atoms with van der Waals surface area (Å²) in [5.41, 5.74) is 2.49. The maximum atomic E-state index is 11.5. The smallest absolute Gasteiger partial charge is 0.339 e. The number of hydrogen-bond donors (Lipinski definition) is 1. The minimum absolute atomic E-state index is 0.109. The van der Waals surface area contributed by atoms with Crippen LogP contribution in [-0.4, -0.2) is 44.5 Å². The third-order valence-electron chi connectivity index (χ3n) is 3.97. The third-order valence-corrected chi connectivity index (χ3v) is 3.97. The van der Waals surface area contributed by atoms with E-state index in [1.807, 2.05) is 32.1 Å². The van der Waals surface area contributed by atoms with Crippen molar-refractivity contribution in [3.8, 4) is 17.0 Å². The first-order chi connectivity index (χ1) is 13.0. The molecule has 3 aromatic rings. The zero-order valence-electron chi connectivity index (χ0n) is 15.5. The number of aryl methyl sites for hydroxylation is 1. The lowest BCUT2D eigenvalue weighted by atomic mass is 10.1. The Kier molecular flexibility index (Phi) is 5.35. The van der Waals surface area contributed by atoms with Gasteiger partial charge in [0.25, 0.3) is 0 Å². The van der Waals surface area contributed by atoms with Gasteiger partial charge in [-0.05, 0) is 31.2 Å². The fourth-order valence-corrected chi connectivity index (χ4v) is 2.73. The van der Waals surface area contributed by atoms with E-state index in [2.05, 4.69) is 15.1 Å². The van der Waals surface area contributed by atoms with Crippen LogP contribution in [0.2, 0.25) is 0 Å². The average Bonchev–Trinajstić information content (AvgIpc) is 3.07. The molecule has 1 aromatic carbocycles. The minimum atomic E-state index is -1.04. The predicted octanol–water partition coefficient (Wildman–Crippen LogP) is 2.61. The Morgan fingerprint density at radius 1 is 1.33 bits per heavy atom. The number of hydrogen-bond acceptors (Lipinski definition) is 6. The van der Waals surface area contributed by atoms with Gasteiger partial charge in [-0.25, -0.2) is 14.8 Å². The van der Waals surface area contributed by atoms with Crippen molar-refractivity contribution >= 4 is 11.9 Å². The van der Waals surface area contributed by atoms with Crippen LogP contribution in [0.25, 0.3) is 11.3 Å². The van der Waals surface area contributed by atoms with Gasteiger partial charge in [0, 0.05) is 44.2 Å². The summed E-state index contributed by atoms with van der Waals surface area (Å²) < 4.78 is 7.13. The standard InChI is InChI=1S/C19H21N5O3/c1-4-27-17-6-5-14(9-15(17)18(25)26)16-7-8-20-19(22-16)23(2)11-13-10-21-24(3)12-13/h5-10,12H,4,11H2,1-3H3,(H,25,26). The van der Waals surface area contributed by atoms with Gasteiger partial charge in [0.15, 0.2) is 0 Å². The highest BCUT2D eigenvalue weighted by molar-refractivity contribution is 5.92. The van der Waals surface area contributed by atoms with Crippen LogP contribution in [0.4, 0.5) is 5.95 Å². The van der Waals surface area contributed by atoms with Crippen LogP contribution < -0.4 is 9.64 Å². The second-order valence-electron chi connectivity index (χ2n) is 6.07. The van der Waals surface area contributed by atoms with E-state index in [4.69, 9.17) is 4.74 Å². The SMILES string of the molecule is CCOc1ccc(-c2ccnc(N(C)Cc3cnn(C)c3)n2)cc1C(=O)O. The summed E-state index contributed by atoms with van der Waals surface area (Å²) in [5.74, 6) is -0.151. The highest BCUT2D eigenvalue weighted by Crippen LogP contribution is 2.26. The number of carbonyl (C=O) groups is 1. The number of anilines is 1. The van der Waals surface area contributed by atoms with E-state index in [9.17, 15) is 9.90 Å². The zero-order valence-corrected chi connectivity index (χ0v) is 15.5. The van der Waals surface area contributed by atoms with Crippen LogP contribution in [0, 0.1) is 0 Å². The van der Waals surface area contributed by atoms with E-state index in [1.165, 1.54) is 0 Å². The predicted molar refractivity (Wildman–Crippen MR) is 101 cm³/mol. The van der Waals surface area contributed by atoms with E-state index >= 15 is 0 Å². The molecular formula is C19H21N5O3. The number of carboxylic acids is 1. The van der Waals surface area contributed by atoms with E-state index < -0.39 is 5.97 Å². The molecule has 1 N–H and O–H groups in total. The Hall–Kier alpha value is -3.42. The van der Waals surface area contributed by atoms with Crippen molar-refractivity contribution in [2.45, 2.75) is 13.5 Å². The summed E-state index contributed by atoms with van der Waals surface area (Å²) in [6, 6.07) is 6.78. The molecule has 0 aliphatic carbocycles. The number of benzene rings is 1. The molecule has 0 saturated heterocycles. The minimum Gasteiger partial charge on any atom is -0.493 e. The van der Waals surface area contributed by atoms with Crippen molar-refractivity contribution in [1.82, 2.24) is 19.7 Å². The Morgan fingerprint density at radius 3 is 2.81 bits per heavy atom. The third kappa shape index (κ3) is 4.22. The van der Waals surface area contributed by atoms with Gasteiger partial charge in [-0.15, -0.1) is 0 Å². The maximum absolute atomic E-state index is 11.5. The number of ether oxygens (including phenoxy) is 1. The highest BCUT2D eigenvalue weighted by Gasteiger charge is 2.14. The van der Waals surface area contributed by atoms with Gasteiger partial charge < -0.3 is 14.7 Å². The number of rotatable bonds is 7. The summed E-state index contributed by atoms with van der Waals surface area (Å²) in [4.78, 5) is 22.3. The van der Waals surface area contributed by atoms with Gasteiger partial charge in [0.2, 0.25) is 5.95 Å². The lowest BCUT2D eigenvalue weighted by Crippen LogP contribution is -2.19. The van der Waals surface area contributed by atoms with Gasteiger partial charge in [-0.3, -0.25) is 4.68 Å². The van der Waals surface area contributed by atoms with Gasteiger partial charge >= 0.3 is 5.97 Å². The largest absolute Gasteiger partial charge is 0.493 e. The Morgan fingerprint density at radius 2 is 2.15 bits per heavy atom. The fraction of sp³-hybridized carbons (Fsp3) is 0.263. The average molecular weight is 367 g/mol. The van der Waals surface area contributed by atoms with Crippen molar-refractivity contribution in [2.75, 3.05) is 18.6 Å². The number of nitrogens with zero attached hydrogens (tertiary/aromatic N) is 5. The van der Waals surface area contributed by atoms with Crippen molar-refractivity contribution in [2.24, 2.45) is 7.05 Å². The lowest BCUT2D eigenvalue weighted by molar-refractivity contribution is 0.0692. The zero-order chi connectivity index (χ0) is 19.4. The number of carboxylic acid groups (broad SMARTS) is 1. The number of aromatic nitrogens is 4. The molecule has 0 fully saturated rings. The molecule has 0 spiro atoms. The molecule has 2 aromatic heterocycles. The van der Waals surface area contributed by atoms with E-state index in [1.54, 1.807) is 41.3 Å². The van der Waals surface area contributed by atoms with Crippen LogP contribution in [0.15, 0.2) is 42.9 Å². The highest BCUT2D eigenvalue weighted by atomic mass is 16.5. The monoisotopic (exact) mass is 367 g/mol. The molecule has 0 saturated carbocycles. The van der Waals surface area contributed by atoms with Crippen LogP contribution in [0.3, 0.4) is 0 Å². The van der Waals surface area contributed by atoms with Crippen LogP contribution in [0.5, 0.6) is 5.75 Å². The van der Waals surface area contributed by atoms with Crippen LogP contribution >= 0.6 is 0 Å². The van der Waals surface area contributed by atoms with E-state index in [-0.39, 0.29) is 5.56 Å². The molecule has 27 heavy (non-hydrogen) atoms. The van der Waals surface area contributed by atoms with Crippen LogP contribution in [0.1, 0.15) is 22.8 Å². The van der Waals surface area contributed by atoms with E-state index in [0.29, 0.717) is 36.1 Å². The van der Waals surface area contributed by atoms with Crippen molar-refractivity contribution in [1.29, 1.82) is 0 Å². The number of aromatic carboxylic acids is 1. The van der Waals surface area contributed by atoms with E-state index in [0.717, 1.165) is 5.56 Å². The molecule has 2 heterocycles. The summed E-state index contributed by atoms with van der Waals surface area (Å²) in [7, 11) is 3.76. The molecule has 0 aliphatic heterocycles. The summed E-state index contributed by atoms with van der Waals surface area (Å²) >= 11 is 0. The Bertz CT molecular complexity index is 954. The molecule has 0 radical (unpaired) electrons. The molecule has 140 valence electrons. The van der Waals surface area contributed by atoms with Crippen LogP contribution in [-0.2, 0) is 13.6 Å². The molecule has 0 unspecified atom stereocenters. The molecule has 8 heteroatoms. The van der Waals surface area contributed by atoms with Crippen molar-refractivity contribution < 1.29 is 14.6 Å². The summed E-state index contributed by atoms with van der Waals surface area (Å²) in [5, 5.41) is 13.6. The topological polar surface area (TPSA) is 93.4 Å². The summed E-state index contributed by atoms with van der Waals surface area (Å²) in [6.07, 6.45) is 5.40. The Balaban J connectivity index is 1.88. The maximum Gasteiger partial charge on any atom is 0.339 e. The summed E-state index contributed by atoms with van der Waals surface area (Å²) in [6.45, 7) is 2.83. The second kappa shape index (κ2) is 7.86. The molecule has 8 nitrogen and oxygen atoms in total. The molecule has 0 bridgehead atoms. The van der Waals surface area contributed by atoms with Crippen molar-refractivity contribution in [3.05, 3.63) is 54.0 Å². The van der Waals surface area contributed by atoms with Gasteiger partial charge in [-0.1, -0.05) is 0 Å². The second-order valence-corrected chi connectivity index (χ2v) is 6.07. The van der Waals surface area contributed by atoms with Crippen molar-refractivity contribution in [3.63, 3.8) is 0 Å². The molecule has 0 atom stereocenters. The first-order valence-corrected chi connectivity index (χ1v) is 8.50. The van der Waals surface area contributed by atoms with Gasteiger partial charge in [-0.2, -0.15) is 5.10 Å². The molecule has 3 rings (SSSR count). The van der Waals surface area contributed by atoms with Gasteiger partial charge in [0.1, 0.15) is 11.3 Å². The lowest BCUT2D eigenvalue weighted by Gasteiger charge is -2.16. The first kappa shape index (κ1) is 18.4. The first-order valence-electron chi connectivity index (χ1n) is 8.50. The molecular weight excluding hydrogens is 346 g/mol. The fourth-order valence-electron chi connectivity index (χ4n) is 2.73. The normalized spacial score (nSPS) is 10.6. The molecule has 0 aliphatic rings. The Labute approximate surface area is 157 Å². The van der Waals surface area contributed by atoms with Gasteiger partial charge in [0.05, 0.1) is 18.5 Å². The quantitative estimate of drug-likeness (QED) is 0.686.